The van der Waals surface area contributed by atoms with Crippen LogP contribution in [0.2, 0.25) is 5.02 Å². The van der Waals surface area contributed by atoms with Gasteiger partial charge in [-0.2, -0.15) is 5.10 Å². The molecule has 4 nitrogen and oxygen atoms in total. The second-order valence-electron chi connectivity index (χ2n) is 3.35. The summed E-state index contributed by atoms with van der Waals surface area (Å²) in [5.41, 5.74) is 7.47. The van der Waals surface area contributed by atoms with Gasteiger partial charge in [0.25, 0.3) is 0 Å². The predicted octanol–water partition coefficient (Wildman–Crippen LogP) is 1.87. The van der Waals surface area contributed by atoms with Crippen molar-refractivity contribution >= 4 is 17.4 Å². The molecule has 2 aromatic rings. The number of rotatable bonds is 2. The Hall–Kier alpha value is -1.55. The zero-order valence-corrected chi connectivity index (χ0v) is 9.07. The third-order valence-corrected chi connectivity index (χ3v) is 2.45. The Kier molecular flexibility index (Phi) is 2.60. The van der Waals surface area contributed by atoms with Gasteiger partial charge < -0.3 is 5.73 Å². The van der Waals surface area contributed by atoms with Crippen LogP contribution in [0.1, 0.15) is 11.3 Å². The lowest BCUT2D eigenvalue weighted by atomic mass is 10.2. The van der Waals surface area contributed by atoms with E-state index < -0.39 is 0 Å². The van der Waals surface area contributed by atoms with Gasteiger partial charge in [-0.3, -0.25) is 4.68 Å². The van der Waals surface area contributed by atoms with Crippen LogP contribution in [0.3, 0.4) is 0 Å². The molecule has 2 N–H and O–H groups in total. The number of nitrogens with two attached hydrogens (primary N) is 1. The van der Waals surface area contributed by atoms with E-state index in [0.29, 0.717) is 17.4 Å². The second-order valence-corrected chi connectivity index (χ2v) is 3.76. The molecular formula is C10H11ClN4. The molecule has 0 amide bonds. The van der Waals surface area contributed by atoms with Crippen LogP contribution in [0, 0.1) is 6.92 Å². The standard InChI is InChI=1S/C10H11ClN4/c1-7-9(11)6-15(14-7)5-8-2-3-13-10(12)4-8/h2-4,6H,5H2,1H3,(H2,12,13). The molecule has 2 aromatic heterocycles. The van der Waals surface area contributed by atoms with E-state index in [1.807, 2.05) is 19.1 Å². The second kappa shape index (κ2) is 3.90. The van der Waals surface area contributed by atoms with Crippen LogP contribution in [-0.2, 0) is 6.54 Å². The van der Waals surface area contributed by atoms with E-state index in [1.54, 1.807) is 17.1 Å². The molecule has 0 saturated carbocycles. The van der Waals surface area contributed by atoms with Crippen molar-refractivity contribution in [2.24, 2.45) is 0 Å². The number of aromatic nitrogens is 3. The lowest BCUT2D eigenvalue weighted by Gasteiger charge is -2.01. The maximum Gasteiger partial charge on any atom is 0.123 e. The quantitative estimate of drug-likeness (QED) is 0.844. The minimum Gasteiger partial charge on any atom is -0.384 e. The van der Waals surface area contributed by atoms with Gasteiger partial charge in [0, 0.05) is 12.4 Å². The van der Waals surface area contributed by atoms with Crippen molar-refractivity contribution in [3.63, 3.8) is 0 Å². The van der Waals surface area contributed by atoms with E-state index >= 15 is 0 Å². The number of pyridine rings is 1. The van der Waals surface area contributed by atoms with Crippen LogP contribution in [0.5, 0.6) is 0 Å². The van der Waals surface area contributed by atoms with Gasteiger partial charge in [0.05, 0.1) is 17.3 Å². The SMILES string of the molecule is Cc1nn(Cc2ccnc(N)c2)cc1Cl. The predicted molar refractivity (Wildman–Crippen MR) is 59.7 cm³/mol. The molecule has 2 heterocycles. The molecule has 0 aliphatic rings. The van der Waals surface area contributed by atoms with Crippen molar-refractivity contribution in [2.75, 3.05) is 5.73 Å². The highest BCUT2D eigenvalue weighted by atomic mass is 35.5. The molecule has 0 bridgehead atoms. The van der Waals surface area contributed by atoms with Crippen molar-refractivity contribution in [2.45, 2.75) is 13.5 Å². The lowest BCUT2D eigenvalue weighted by molar-refractivity contribution is 0.679. The van der Waals surface area contributed by atoms with E-state index in [9.17, 15) is 0 Å². The summed E-state index contributed by atoms with van der Waals surface area (Å²) < 4.78 is 1.78. The van der Waals surface area contributed by atoms with Crippen LogP contribution < -0.4 is 5.73 Å². The first-order chi connectivity index (χ1) is 7.15. The fraction of sp³-hybridized carbons (Fsp3) is 0.200. The minimum atomic E-state index is 0.516. The van der Waals surface area contributed by atoms with Crippen molar-refractivity contribution < 1.29 is 0 Å². The van der Waals surface area contributed by atoms with Gasteiger partial charge in [-0.1, -0.05) is 11.6 Å². The summed E-state index contributed by atoms with van der Waals surface area (Å²) in [6.07, 6.45) is 3.48. The molecule has 0 spiro atoms. The zero-order chi connectivity index (χ0) is 10.8. The van der Waals surface area contributed by atoms with Crippen molar-refractivity contribution in [3.05, 3.63) is 40.8 Å². The number of hydrogen-bond acceptors (Lipinski definition) is 3. The molecule has 0 unspecified atom stereocenters. The van der Waals surface area contributed by atoms with Gasteiger partial charge >= 0.3 is 0 Å². The van der Waals surface area contributed by atoms with Gasteiger partial charge in [-0.25, -0.2) is 4.98 Å². The normalized spacial score (nSPS) is 10.5. The van der Waals surface area contributed by atoms with Gasteiger partial charge in [0.15, 0.2) is 0 Å². The minimum absolute atomic E-state index is 0.516. The monoisotopic (exact) mass is 222 g/mol. The molecule has 15 heavy (non-hydrogen) atoms. The fourth-order valence-corrected chi connectivity index (χ4v) is 1.50. The van der Waals surface area contributed by atoms with Crippen LogP contribution in [0.25, 0.3) is 0 Å². The van der Waals surface area contributed by atoms with E-state index in [1.165, 1.54) is 0 Å². The average molecular weight is 223 g/mol. The van der Waals surface area contributed by atoms with E-state index in [-0.39, 0.29) is 0 Å². The number of halogens is 1. The summed E-state index contributed by atoms with van der Waals surface area (Å²) in [5.74, 6) is 0.516. The molecule has 78 valence electrons. The number of nitrogens with zero attached hydrogens (tertiary/aromatic N) is 3. The van der Waals surface area contributed by atoms with Crippen LogP contribution in [-0.4, -0.2) is 14.8 Å². The van der Waals surface area contributed by atoms with E-state index in [4.69, 9.17) is 17.3 Å². The molecule has 0 aromatic carbocycles. The molecule has 0 atom stereocenters. The number of nitrogen functional groups attached to an aromatic ring is 1. The Morgan fingerprint density at radius 1 is 1.53 bits per heavy atom. The Morgan fingerprint density at radius 2 is 2.33 bits per heavy atom. The summed E-state index contributed by atoms with van der Waals surface area (Å²) >= 11 is 5.91. The highest BCUT2D eigenvalue weighted by Crippen LogP contribution is 2.13. The van der Waals surface area contributed by atoms with Crippen molar-refractivity contribution in [1.29, 1.82) is 0 Å². The number of hydrogen-bond donors (Lipinski definition) is 1. The van der Waals surface area contributed by atoms with E-state index in [2.05, 4.69) is 10.1 Å². The maximum atomic E-state index is 5.91. The van der Waals surface area contributed by atoms with Gasteiger partial charge in [0.2, 0.25) is 0 Å². The average Bonchev–Trinajstić information content (AvgIpc) is 2.45. The molecule has 0 aliphatic carbocycles. The Balaban J connectivity index is 2.22. The smallest absolute Gasteiger partial charge is 0.123 e. The highest BCUT2D eigenvalue weighted by Gasteiger charge is 2.02. The van der Waals surface area contributed by atoms with Crippen molar-refractivity contribution in [3.8, 4) is 0 Å². The molecule has 5 heteroatoms. The largest absolute Gasteiger partial charge is 0.384 e. The Bertz CT molecular complexity index is 459. The first kappa shape index (κ1) is 9.98. The van der Waals surface area contributed by atoms with Crippen LogP contribution in [0.4, 0.5) is 5.82 Å². The molecule has 0 fully saturated rings. The summed E-state index contributed by atoms with van der Waals surface area (Å²) in [6.45, 7) is 2.53. The Labute approximate surface area is 92.7 Å². The molecule has 0 aliphatic heterocycles. The molecule has 0 saturated heterocycles. The van der Waals surface area contributed by atoms with E-state index in [0.717, 1.165) is 11.3 Å². The molecule has 2 rings (SSSR count). The van der Waals surface area contributed by atoms with Crippen LogP contribution >= 0.6 is 11.6 Å². The lowest BCUT2D eigenvalue weighted by Crippen LogP contribution is -2.01. The van der Waals surface area contributed by atoms with Crippen molar-refractivity contribution in [1.82, 2.24) is 14.8 Å². The Morgan fingerprint density at radius 3 is 2.93 bits per heavy atom. The van der Waals surface area contributed by atoms with Gasteiger partial charge in [0.1, 0.15) is 5.82 Å². The summed E-state index contributed by atoms with van der Waals surface area (Å²) in [7, 11) is 0. The summed E-state index contributed by atoms with van der Waals surface area (Å²) in [6, 6.07) is 3.73. The molecular weight excluding hydrogens is 212 g/mol. The third kappa shape index (κ3) is 2.27. The first-order valence-corrected chi connectivity index (χ1v) is 4.93. The highest BCUT2D eigenvalue weighted by molar-refractivity contribution is 6.31. The number of aryl methyl sites for hydroxylation is 1. The van der Waals surface area contributed by atoms with Gasteiger partial charge in [-0.15, -0.1) is 0 Å². The first-order valence-electron chi connectivity index (χ1n) is 4.55. The topological polar surface area (TPSA) is 56.7 Å². The third-order valence-electron chi connectivity index (χ3n) is 2.08. The maximum absolute atomic E-state index is 5.91. The summed E-state index contributed by atoms with van der Waals surface area (Å²) in [5, 5.41) is 4.94. The van der Waals surface area contributed by atoms with Gasteiger partial charge in [-0.05, 0) is 24.6 Å². The number of anilines is 1. The molecule has 0 radical (unpaired) electrons. The van der Waals surface area contributed by atoms with Crippen LogP contribution in [0.15, 0.2) is 24.5 Å². The zero-order valence-electron chi connectivity index (χ0n) is 8.31. The fourth-order valence-electron chi connectivity index (χ4n) is 1.35. The summed E-state index contributed by atoms with van der Waals surface area (Å²) in [4.78, 5) is 3.93.